The number of pyridine rings is 2. The zero-order valence-corrected chi connectivity index (χ0v) is 22.1. The molecule has 35 heavy (non-hydrogen) atoms. The molecule has 6 nitrogen and oxygen atoms in total. The Bertz CT molecular complexity index is 1320. The minimum atomic E-state index is 0.361. The minimum Gasteiger partial charge on any atom is -0.493 e. The quantitative estimate of drug-likeness (QED) is 0.315. The summed E-state index contributed by atoms with van der Waals surface area (Å²) in [6, 6.07) is 4.41. The van der Waals surface area contributed by atoms with Crippen LogP contribution in [-0.2, 0) is 0 Å². The molecule has 0 atom stereocenters. The van der Waals surface area contributed by atoms with E-state index in [-0.39, 0.29) is 0 Å². The van der Waals surface area contributed by atoms with E-state index in [9.17, 15) is 0 Å². The topological polar surface area (TPSA) is 68.1 Å². The zero-order chi connectivity index (χ0) is 24.7. The smallest absolute Gasteiger partial charge is 0.197 e. The number of H-pyrrole nitrogens is 1. The maximum Gasteiger partial charge on any atom is 0.197 e. The van der Waals surface area contributed by atoms with Crippen molar-refractivity contribution in [3.63, 3.8) is 0 Å². The fraction of sp³-hybridized carbons (Fsp3) is 0.552. The van der Waals surface area contributed by atoms with E-state index in [0.717, 1.165) is 34.1 Å². The van der Waals surface area contributed by atoms with Crippen molar-refractivity contribution in [2.75, 3.05) is 7.11 Å². The van der Waals surface area contributed by atoms with E-state index in [1.54, 1.807) is 18.0 Å². The number of hydrogen-bond acceptors (Lipinski definition) is 4. The SMILES string of the molecule is COc1cc(-c2[nH]c3cnc(C4CCC(CCC(C)(C)C)CC4)cc3c2C(C)C)cn2ncnc12. The van der Waals surface area contributed by atoms with E-state index in [4.69, 9.17) is 9.72 Å². The molecule has 0 saturated heterocycles. The van der Waals surface area contributed by atoms with E-state index in [1.165, 1.54) is 55.2 Å². The van der Waals surface area contributed by atoms with Gasteiger partial charge in [-0.1, -0.05) is 34.6 Å². The van der Waals surface area contributed by atoms with Gasteiger partial charge in [0, 0.05) is 28.8 Å². The number of hydrogen-bond donors (Lipinski definition) is 1. The number of aromatic amines is 1. The highest BCUT2D eigenvalue weighted by Gasteiger charge is 2.26. The minimum absolute atomic E-state index is 0.361. The summed E-state index contributed by atoms with van der Waals surface area (Å²) in [5, 5.41) is 5.63. The summed E-state index contributed by atoms with van der Waals surface area (Å²) in [4.78, 5) is 12.9. The van der Waals surface area contributed by atoms with E-state index >= 15 is 0 Å². The zero-order valence-electron chi connectivity index (χ0n) is 22.1. The number of ether oxygens (including phenoxy) is 1. The molecule has 1 aliphatic carbocycles. The van der Waals surface area contributed by atoms with Crippen molar-refractivity contribution in [2.45, 2.75) is 85.0 Å². The monoisotopic (exact) mass is 473 g/mol. The number of rotatable bonds is 6. The Balaban J connectivity index is 1.45. The number of fused-ring (bicyclic) bond motifs is 2. The molecule has 0 radical (unpaired) electrons. The molecule has 0 spiro atoms. The third kappa shape index (κ3) is 4.80. The molecule has 4 heterocycles. The van der Waals surface area contributed by atoms with E-state index in [2.05, 4.69) is 55.8 Å². The maximum atomic E-state index is 5.62. The molecular formula is C29H39N5O. The lowest BCUT2D eigenvalue weighted by Crippen LogP contribution is -2.16. The number of methoxy groups -OCH3 is 1. The first kappa shape index (κ1) is 23.8. The first-order valence-electron chi connectivity index (χ1n) is 13.1. The van der Waals surface area contributed by atoms with Gasteiger partial charge in [-0.15, -0.1) is 0 Å². The van der Waals surface area contributed by atoms with Gasteiger partial charge in [-0.3, -0.25) is 4.98 Å². The molecule has 186 valence electrons. The van der Waals surface area contributed by atoms with Crippen molar-refractivity contribution in [3.05, 3.63) is 42.1 Å². The Hall–Kier alpha value is -2.89. The normalized spacial score (nSPS) is 19.2. The van der Waals surface area contributed by atoms with Gasteiger partial charge in [0.15, 0.2) is 11.4 Å². The molecule has 1 N–H and O–H groups in total. The van der Waals surface area contributed by atoms with E-state index < -0.39 is 0 Å². The highest BCUT2D eigenvalue weighted by molar-refractivity contribution is 5.91. The number of aromatic nitrogens is 5. The first-order valence-corrected chi connectivity index (χ1v) is 13.1. The largest absolute Gasteiger partial charge is 0.493 e. The van der Waals surface area contributed by atoms with Crippen molar-refractivity contribution in [1.82, 2.24) is 24.6 Å². The van der Waals surface area contributed by atoms with Crippen molar-refractivity contribution >= 4 is 16.6 Å². The Labute approximate surface area is 208 Å². The Morgan fingerprint density at radius 3 is 2.57 bits per heavy atom. The molecule has 0 amide bonds. The summed E-state index contributed by atoms with van der Waals surface area (Å²) in [5.41, 5.74) is 6.97. The van der Waals surface area contributed by atoms with Crippen LogP contribution in [0.15, 0.2) is 30.9 Å². The molecular weight excluding hydrogens is 434 g/mol. The summed E-state index contributed by atoms with van der Waals surface area (Å²) in [5.74, 6) is 2.52. The lowest BCUT2D eigenvalue weighted by atomic mass is 9.76. The number of nitrogens with one attached hydrogen (secondary N) is 1. The van der Waals surface area contributed by atoms with Crippen LogP contribution in [0.25, 0.3) is 27.8 Å². The molecule has 1 aliphatic rings. The molecule has 1 saturated carbocycles. The lowest BCUT2D eigenvalue weighted by molar-refractivity contribution is 0.259. The first-order chi connectivity index (χ1) is 16.7. The van der Waals surface area contributed by atoms with Crippen LogP contribution in [0.1, 0.15) is 96.2 Å². The third-order valence-corrected chi connectivity index (χ3v) is 7.74. The van der Waals surface area contributed by atoms with Gasteiger partial charge in [-0.25, -0.2) is 9.50 Å². The van der Waals surface area contributed by atoms with Crippen LogP contribution < -0.4 is 4.74 Å². The van der Waals surface area contributed by atoms with Gasteiger partial charge in [-0.05, 0) is 73.5 Å². The molecule has 0 unspecified atom stereocenters. The van der Waals surface area contributed by atoms with Crippen LogP contribution in [0.2, 0.25) is 0 Å². The van der Waals surface area contributed by atoms with Crippen LogP contribution in [0.4, 0.5) is 0 Å². The molecule has 0 aliphatic heterocycles. The van der Waals surface area contributed by atoms with Crippen LogP contribution in [-0.4, -0.2) is 31.7 Å². The molecule has 0 bridgehead atoms. The van der Waals surface area contributed by atoms with Crippen LogP contribution in [0.5, 0.6) is 5.75 Å². The van der Waals surface area contributed by atoms with Crippen molar-refractivity contribution in [1.29, 1.82) is 0 Å². The molecule has 1 fully saturated rings. The predicted molar refractivity (Wildman–Crippen MR) is 142 cm³/mol. The average molecular weight is 474 g/mol. The molecule has 4 aromatic rings. The summed E-state index contributed by atoms with van der Waals surface area (Å²) < 4.78 is 7.40. The second-order valence-corrected chi connectivity index (χ2v) is 11.9. The van der Waals surface area contributed by atoms with Crippen molar-refractivity contribution < 1.29 is 4.74 Å². The summed E-state index contributed by atoms with van der Waals surface area (Å²) in [6.07, 6.45) is 13.5. The standard InChI is InChI=1S/C29H39N5O/c1-18(2)26-22-14-23(20-9-7-19(8-10-20)11-12-29(3,4)5)30-15-24(22)33-27(26)21-13-25(35-6)28-31-17-32-34(28)16-21/h13-20,33H,7-12H2,1-6H3. The summed E-state index contributed by atoms with van der Waals surface area (Å²) in [7, 11) is 1.68. The van der Waals surface area contributed by atoms with Crippen LogP contribution >= 0.6 is 0 Å². The summed E-state index contributed by atoms with van der Waals surface area (Å²) >= 11 is 0. The lowest BCUT2D eigenvalue weighted by Gasteiger charge is -2.30. The Kier molecular flexibility index (Phi) is 6.32. The van der Waals surface area contributed by atoms with Gasteiger partial charge in [-0.2, -0.15) is 5.10 Å². The van der Waals surface area contributed by atoms with Gasteiger partial charge < -0.3 is 9.72 Å². The van der Waals surface area contributed by atoms with E-state index in [0.29, 0.717) is 17.3 Å². The summed E-state index contributed by atoms with van der Waals surface area (Å²) in [6.45, 7) is 11.6. The fourth-order valence-corrected chi connectivity index (χ4v) is 5.75. The second kappa shape index (κ2) is 9.29. The number of nitrogens with zero attached hydrogens (tertiary/aromatic N) is 4. The third-order valence-electron chi connectivity index (χ3n) is 7.74. The molecule has 4 aromatic heterocycles. The predicted octanol–water partition coefficient (Wildman–Crippen LogP) is 7.50. The Morgan fingerprint density at radius 1 is 1.11 bits per heavy atom. The highest BCUT2D eigenvalue weighted by Crippen LogP contribution is 2.41. The van der Waals surface area contributed by atoms with Gasteiger partial charge in [0.25, 0.3) is 0 Å². The molecule has 5 rings (SSSR count). The van der Waals surface area contributed by atoms with Crippen molar-refractivity contribution in [2.24, 2.45) is 11.3 Å². The van der Waals surface area contributed by atoms with Gasteiger partial charge in [0.05, 0.1) is 24.5 Å². The maximum absolute atomic E-state index is 5.62. The van der Waals surface area contributed by atoms with Crippen LogP contribution in [0.3, 0.4) is 0 Å². The second-order valence-electron chi connectivity index (χ2n) is 11.9. The van der Waals surface area contributed by atoms with Crippen molar-refractivity contribution in [3.8, 4) is 17.0 Å². The molecule has 6 heteroatoms. The Morgan fingerprint density at radius 2 is 1.89 bits per heavy atom. The van der Waals surface area contributed by atoms with Gasteiger partial charge in [0.2, 0.25) is 0 Å². The van der Waals surface area contributed by atoms with Crippen LogP contribution in [0, 0.1) is 11.3 Å². The van der Waals surface area contributed by atoms with E-state index in [1.807, 2.05) is 18.5 Å². The highest BCUT2D eigenvalue weighted by atomic mass is 16.5. The fourth-order valence-electron chi connectivity index (χ4n) is 5.75. The average Bonchev–Trinajstić information content (AvgIpc) is 3.46. The van der Waals surface area contributed by atoms with Gasteiger partial charge >= 0.3 is 0 Å². The van der Waals surface area contributed by atoms with Gasteiger partial charge in [0.1, 0.15) is 6.33 Å². The molecule has 0 aromatic carbocycles.